The van der Waals surface area contributed by atoms with Crippen LogP contribution < -0.4 is 19.9 Å². The molecule has 3 aromatic rings. The quantitative estimate of drug-likeness (QED) is 0.603. The Balaban J connectivity index is 1.88. The SMILES string of the molecule is CCOc1cc(C(N)=O)cc(-c2cc3c(c(C)c2OCc2ccncc2)OCCC3=O)c1. The fourth-order valence-corrected chi connectivity index (χ4v) is 3.74. The van der Waals surface area contributed by atoms with Crippen LogP contribution in [-0.4, -0.2) is 29.9 Å². The third kappa shape index (κ3) is 4.27. The average Bonchev–Trinajstić information content (AvgIpc) is 2.79. The number of primary amides is 1. The first-order chi connectivity index (χ1) is 15.5. The fraction of sp³-hybridized carbons (Fsp3) is 0.240. The average molecular weight is 432 g/mol. The summed E-state index contributed by atoms with van der Waals surface area (Å²) in [6, 6.07) is 10.6. The van der Waals surface area contributed by atoms with Crippen molar-refractivity contribution in [2.24, 2.45) is 5.73 Å². The van der Waals surface area contributed by atoms with Crippen molar-refractivity contribution < 1.29 is 23.8 Å². The van der Waals surface area contributed by atoms with Crippen LogP contribution in [-0.2, 0) is 6.61 Å². The third-order valence-electron chi connectivity index (χ3n) is 5.28. The van der Waals surface area contributed by atoms with Gasteiger partial charge in [-0.15, -0.1) is 0 Å². The number of ketones is 1. The number of amides is 1. The van der Waals surface area contributed by atoms with E-state index in [1.165, 1.54) is 0 Å². The van der Waals surface area contributed by atoms with Crippen LogP contribution in [0.2, 0.25) is 0 Å². The van der Waals surface area contributed by atoms with E-state index in [1.807, 2.05) is 32.0 Å². The highest BCUT2D eigenvalue weighted by Gasteiger charge is 2.26. The summed E-state index contributed by atoms with van der Waals surface area (Å²) in [4.78, 5) is 28.6. The largest absolute Gasteiger partial charge is 0.494 e. The summed E-state index contributed by atoms with van der Waals surface area (Å²) in [7, 11) is 0. The van der Waals surface area contributed by atoms with Gasteiger partial charge in [0.15, 0.2) is 5.78 Å². The van der Waals surface area contributed by atoms with Crippen molar-refractivity contribution in [3.8, 4) is 28.4 Å². The molecular formula is C25H24N2O5. The summed E-state index contributed by atoms with van der Waals surface area (Å²) in [5.41, 5.74) is 9.37. The maximum absolute atomic E-state index is 12.6. The highest BCUT2D eigenvalue weighted by molar-refractivity contribution is 6.02. The van der Waals surface area contributed by atoms with Crippen molar-refractivity contribution in [3.63, 3.8) is 0 Å². The van der Waals surface area contributed by atoms with Gasteiger partial charge in [-0.1, -0.05) is 0 Å². The first-order valence-corrected chi connectivity index (χ1v) is 10.4. The van der Waals surface area contributed by atoms with Crippen molar-refractivity contribution in [3.05, 3.63) is 71.0 Å². The van der Waals surface area contributed by atoms with Crippen molar-refractivity contribution >= 4 is 11.7 Å². The van der Waals surface area contributed by atoms with Gasteiger partial charge >= 0.3 is 0 Å². The van der Waals surface area contributed by atoms with Gasteiger partial charge in [0.2, 0.25) is 5.91 Å². The Morgan fingerprint density at radius 2 is 1.91 bits per heavy atom. The minimum Gasteiger partial charge on any atom is -0.494 e. The van der Waals surface area contributed by atoms with Gasteiger partial charge in [0, 0.05) is 35.5 Å². The van der Waals surface area contributed by atoms with E-state index in [-0.39, 0.29) is 5.78 Å². The number of ether oxygens (including phenoxy) is 3. The number of pyridine rings is 1. The molecule has 0 atom stereocenters. The number of Topliss-reactive ketones (excluding diaryl/α,β-unsaturated/α-hetero) is 1. The smallest absolute Gasteiger partial charge is 0.248 e. The Kier molecular flexibility index (Phi) is 6.07. The second kappa shape index (κ2) is 9.09. The molecule has 1 aliphatic heterocycles. The van der Waals surface area contributed by atoms with Crippen molar-refractivity contribution in [2.45, 2.75) is 26.9 Å². The van der Waals surface area contributed by atoms with Gasteiger partial charge in [-0.3, -0.25) is 14.6 Å². The standard InChI is InChI=1S/C25H24N2O5/c1-3-30-19-11-17(10-18(12-19)25(26)29)20-13-21-22(28)6-9-31-24(21)15(2)23(20)32-14-16-4-7-27-8-5-16/h4-5,7-8,10-13H,3,6,9,14H2,1-2H3,(H2,26,29). The first-order valence-electron chi connectivity index (χ1n) is 10.4. The normalized spacial score (nSPS) is 12.6. The lowest BCUT2D eigenvalue weighted by Gasteiger charge is -2.24. The number of nitrogens with zero attached hydrogens (tertiary/aromatic N) is 1. The van der Waals surface area contributed by atoms with Crippen LogP contribution >= 0.6 is 0 Å². The molecule has 2 N–H and O–H groups in total. The summed E-state index contributed by atoms with van der Waals surface area (Å²) < 4.78 is 17.7. The highest BCUT2D eigenvalue weighted by atomic mass is 16.5. The molecule has 1 amide bonds. The number of rotatable bonds is 7. The van der Waals surface area contributed by atoms with Gasteiger partial charge < -0.3 is 19.9 Å². The number of benzene rings is 2. The van der Waals surface area contributed by atoms with Crippen molar-refractivity contribution in [1.82, 2.24) is 4.98 Å². The van der Waals surface area contributed by atoms with Crippen LogP contribution in [0, 0.1) is 6.92 Å². The molecule has 2 heterocycles. The van der Waals surface area contributed by atoms with Crippen LogP contribution in [0.1, 0.15) is 45.2 Å². The maximum atomic E-state index is 12.6. The summed E-state index contributed by atoms with van der Waals surface area (Å²) >= 11 is 0. The zero-order valence-corrected chi connectivity index (χ0v) is 18.0. The molecule has 0 unspecified atom stereocenters. The molecule has 0 spiro atoms. The van der Waals surface area contributed by atoms with Gasteiger partial charge in [0.05, 0.1) is 18.8 Å². The van der Waals surface area contributed by atoms with E-state index in [0.29, 0.717) is 65.7 Å². The summed E-state index contributed by atoms with van der Waals surface area (Å²) in [6.07, 6.45) is 3.71. The molecule has 2 aromatic carbocycles. The monoisotopic (exact) mass is 432 g/mol. The minimum atomic E-state index is -0.568. The van der Waals surface area contributed by atoms with Crippen LogP contribution in [0.15, 0.2) is 48.8 Å². The molecule has 164 valence electrons. The molecule has 4 rings (SSSR count). The van der Waals surface area contributed by atoms with Crippen LogP contribution in [0.3, 0.4) is 0 Å². The highest BCUT2D eigenvalue weighted by Crippen LogP contribution is 2.43. The molecule has 32 heavy (non-hydrogen) atoms. The van der Waals surface area contributed by atoms with Crippen LogP contribution in [0.4, 0.5) is 0 Å². The number of nitrogens with two attached hydrogens (primary N) is 1. The Bertz CT molecular complexity index is 1170. The van der Waals surface area contributed by atoms with E-state index in [9.17, 15) is 9.59 Å². The number of fused-ring (bicyclic) bond motifs is 1. The van der Waals surface area contributed by atoms with E-state index in [2.05, 4.69) is 4.98 Å². The summed E-state index contributed by atoms with van der Waals surface area (Å²) in [5.74, 6) is 1.05. The second-order valence-electron chi connectivity index (χ2n) is 7.46. The van der Waals surface area contributed by atoms with E-state index < -0.39 is 5.91 Å². The fourth-order valence-electron chi connectivity index (χ4n) is 3.74. The molecule has 0 bridgehead atoms. The molecule has 1 aromatic heterocycles. The number of hydrogen-bond donors (Lipinski definition) is 1. The molecule has 7 heteroatoms. The molecule has 7 nitrogen and oxygen atoms in total. The predicted molar refractivity (Wildman–Crippen MR) is 119 cm³/mol. The Morgan fingerprint density at radius 1 is 1.12 bits per heavy atom. The van der Waals surface area contributed by atoms with Gasteiger partial charge in [0.1, 0.15) is 23.9 Å². The number of hydrogen-bond acceptors (Lipinski definition) is 6. The number of aromatic nitrogens is 1. The minimum absolute atomic E-state index is 0.00683. The van der Waals surface area contributed by atoms with E-state index >= 15 is 0 Å². The molecule has 0 saturated heterocycles. The van der Waals surface area contributed by atoms with Gasteiger partial charge in [-0.05, 0) is 61.4 Å². The van der Waals surface area contributed by atoms with E-state index in [1.54, 1.807) is 30.6 Å². The lowest BCUT2D eigenvalue weighted by atomic mass is 9.93. The van der Waals surface area contributed by atoms with Crippen molar-refractivity contribution in [1.29, 1.82) is 0 Å². The zero-order chi connectivity index (χ0) is 22.7. The number of carbonyl (C=O) groups excluding carboxylic acids is 2. The summed E-state index contributed by atoms with van der Waals surface area (Å²) in [6.45, 7) is 4.80. The Morgan fingerprint density at radius 3 is 2.62 bits per heavy atom. The Labute approximate surface area is 186 Å². The molecular weight excluding hydrogens is 408 g/mol. The molecule has 0 fully saturated rings. The number of carbonyl (C=O) groups is 2. The predicted octanol–water partition coefficient (Wildman–Crippen LogP) is 4.10. The molecule has 0 saturated carbocycles. The van der Waals surface area contributed by atoms with Crippen LogP contribution in [0.5, 0.6) is 17.2 Å². The van der Waals surface area contributed by atoms with Gasteiger partial charge in [-0.25, -0.2) is 0 Å². The molecule has 0 aliphatic carbocycles. The van der Waals surface area contributed by atoms with E-state index in [0.717, 1.165) is 11.1 Å². The van der Waals surface area contributed by atoms with Crippen molar-refractivity contribution in [2.75, 3.05) is 13.2 Å². The molecule has 0 radical (unpaired) electrons. The van der Waals surface area contributed by atoms with Gasteiger partial charge in [-0.2, -0.15) is 0 Å². The zero-order valence-electron chi connectivity index (χ0n) is 18.0. The topological polar surface area (TPSA) is 101 Å². The maximum Gasteiger partial charge on any atom is 0.248 e. The summed E-state index contributed by atoms with van der Waals surface area (Å²) in [5, 5.41) is 0. The molecule has 1 aliphatic rings. The first kappa shape index (κ1) is 21.4. The van der Waals surface area contributed by atoms with E-state index in [4.69, 9.17) is 19.9 Å². The van der Waals surface area contributed by atoms with Gasteiger partial charge in [0.25, 0.3) is 0 Å². The lowest BCUT2D eigenvalue weighted by molar-refractivity contribution is 0.0931. The second-order valence-corrected chi connectivity index (χ2v) is 7.46. The third-order valence-corrected chi connectivity index (χ3v) is 5.28. The van der Waals surface area contributed by atoms with Crippen LogP contribution in [0.25, 0.3) is 11.1 Å². The Hall–Kier alpha value is -3.87. The lowest BCUT2D eigenvalue weighted by Crippen LogP contribution is -2.17.